The molecule has 4 nitrogen and oxygen atoms in total. The first-order valence-electron chi connectivity index (χ1n) is 18.5. The van der Waals surface area contributed by atoms with E-state index in [0.29, 0.717) is 17.6 Å². The number of nitrogens with zero attached hydrogens (tertiary/aromatic N) is 4. The summed E-state index contributed by atoms with van der Waals surface area (Å²) < 4.78 is 2.30. The lowest BCUT2D eigenvalue weighted by Gasteiger charge is -2.21. The van der Waals surface area contributed by atoms with Crippen molar-refractivity contribution in [1.82, 2.24) is 19.5 Å². The van der Waals surface area contributed by atoms with Gasteiger partial charge in [-0.1, -0.05) is 178 Å². The van der Waals surface area contributed by atoms with Crippen molar-refractivity contribution >= 4 is 43.4 Å². The second kappa shape index (κ2) is 11.5. The van der Waals surface area contributed by atoms with Gasteiger partial charge in [0.15, 0.2) is 11.6 Å². The smallest absolute Gasteiger partial charge is 0.238 e. The minimum Gasteiger partial charge on any atom is -0.277 e. The molecule has 0 radical (unpaired) electrons. The largest absolute Gasteiger partial charge is 0.277 e. The molecule has 0 aliphatic heterocycles. The quantitative estimate of drug-likeness (QED) is 0.185. The van der Waals surface area contributed by atoms with Crippen molar-refractivity contribution in [2.75, 3.05) is 0 Å². The highest BCUT2D eigenvalue weighted by Gasteiger charge is 2.36. The third-order valence-electron chi connectivity index (χ3n) is 11.4. The van der Waals surface area contributed by atoms with Crippen molar-refractivity contribution in [1.29, 1.82) is 0 Å². The lowest BCUT2D eigenvalue weighted by Crippen LogP contribution is -2.14. The van der Waals surface area contributed by atoms with Crippen molar-refractivity contribution in [3.63, 3.8) is 0 Å². The van der Waals surface area contributed by atoms with Crippen LogP contribution >= 0.6 is 0 Å². The van der Waals surface area contributed by atoms with Gasteiger partial charge >= 0.3 is 0 Å². The molecule has 8 aromatic carbocycles. The Morgan fingerprint density at radius 3 is 1.70 bits per heavy atom. The Morgan fingerprint density at radius 1 is 0.407 bits per heavy atom. The molecule has 0 saturated carbocycles. The highest BCUT2D eigenvalue weighted by molar-refractivity contribution is 6.21. The van der Waals surface area contributed by atoms with Crippen LogP contribution in [0.3, 0.4) is 0 Å². The van der Waals surface area contributed by atoms with Crippen LogP contribution in [0, 0.1) is 0 Å². The Morgan fingerprint density at radius 2 is 0.981 bits per heavy atom. The number of para-hydroxylation sites is 1. The van der Waals surface area contributed by atoms with Gasteiger partial charge in [0.25, 0.3) is 0 Å². The molecular weight excluding hydrogens is 657 g/mol. The first-order chi connectivity index (χ1) is 26.5. The van der Waals surface area contributed by atoms with Crippen LogP contribution in [-0.2, 0) is 5.41 Å². The maximum Gasteiger partial charge on any atom is 0.238 e. The second-order valence-electron chi connectivity index (χ2n) is 14.8. The van der Waals surface area contributed by atoms with E-state index in [2.05, 4.69) is 152 Å². The molecule has 0 saturated heterocycles. The van der Waals surface area contributed by atoms with Gasteiger partial charge in [0.05, 0.1) is 11.0 Å². The summed E-state index contributed by atoms with van der Waals surface area (Å²) in [7, 11) is 0. The van der Waals surface area contributed by atoms with Gasteiger partial charge in [-0.3, -0.25) is 4.57 Å². The standard InChI is InChI=1S/C50H34N4/c1-50(2)42-28-26-35(30-41(42)44-36-20-11-9-14-31(36)25-29-43(44)50)38-22-13-23-39-40-27-24-32-15-10-12-21-37(32)45(40)54(46(38)39)49-52-47(33-16-5-3-6-17-33)51-48(53-49)34-18-7-4-8-19-34/h3-30H,1-2H3. The summed E-state index contributed by atoms with van der Waals surface area (Å²) in [6, 6.07) is 60.7. The Kier molecular flexibility index (Phi) is 6.56. The number of aromatic nitrogens is 4. The first-order valence-corrected chi connectivity index (χ1v) is 18.5. The molecule has 254 valence electrons. The molecule has 1 aliphatic rings. The summed E-state index contributed by atoms with van der Waals surface area (Å²) in [6.45, 7) is 4.70. The summed E-state index contributed by atoms with van der Waals surface area (Å²) in [5.74, 6) is 1.86. The van der Waals surface area contributed by atoms with Crippen LogP contribution in [-0.4, -0.2) is 19.5 Å². The molecular formula is C50H34N4. The molecule has 54 heavy (non-hydrogen) atoms. The van der Waals surface area contributed by atoms with Crippen LogP contribution in [0.2, 0.25) is 0 Å². The number of fused-ring (bicyclic) bond motifs is 10. The van der Waals surface area contributed by atoms with Gasteiger partial charge in [-0.25, -0.2) is 4.98 Å². The second-order valence-corrected chi connectivity index (χ2v) is 14.8. The minimum atomic E-state index is -0.112. The summed E-state index contributed by atoms with van der Waals surface area (Å²) in [5, 5.41) is 7.19. The van der Waals surface area contributed by atoms with Gasteiger partial charge in [-0.15, -0.1) is 0 Å². The van der Waals surface area contributed by atoms with Crippen molar-refractivity contribution in [3.05, 3.63) is 181 Å². The molecule has 11 rings (SSSR count). The van der Waals surface area contributed by atoms with E-state index in [4.69, 9.17) is 15.0 Å². The normalized spacial score (nSPS) is 13.1. The predicted octanol–water partition coefficient (Wildman–Crippen LogP) is 12.6. The molecule has 0 amide bonds. The third kappa shape index (κ3) is 4.47. The van der Waals surface area contributed by atoms with Crippen molar-refractivity contribution < 1.29 is 0 Å². The molecule has 2 aromatic heterocycles. The van der Waals surface area contributed by atoms with Crippen LogP contribution in [0.15, 0.2) is 170 Å². The Bertz CT molecular complexity index is 3060. The van der Waals surface area contributed by atoms with Crippen LogP contribution < -0.4 is 0 Å². The van der Waals surface area contributed by atoms with Gasteiger partial charge in [-0.2, -0.15) is 9.97 Å². The average molecular weight is 691 g/mol. The molecule has 10 aromatic rings. The van der Waals surface area contributed by atoms with E-state index in [1.54, 1.807) is 0 Å². The van der Waals surface area contributed by atoms with Gasteiger partial charge in [0, 0.05) is 38.3 Å². The highest BCUT2D eigenvalue weighted by Crippen LogP contribution is 2.52. The topological polar surface area (TPSA) is 43.6 Å². The zero-order chi connectivity index (χ0) is 36.0. The van der Waals surface area contributed by atoms with Crippen LogP contribution in [0.5, 0.6) is 0 Å². The molecule has 2 heterocycles. The fourth-order valence-corrected chi connectivity index (χ4v) is 8.85. The summed E-state index contributed by atoms with van der Waals surface area (Å²) in [5.41, 5.74) is 11.6. The van der Waals surface area contributed by atoms with Gasteiger partial charge in [-0.05, 0) is 50.0 Å². The van der Waals surface area contributed by atoms with Crippen LogP contribution in [0.1, 0.15) is 25.0 Å². The number of hydrogen-bond donors (Lipinski definition) is 0. The van der Waals surface area contributed by atoms with Gasteiger partial charge in [0.1, 0.15) is 0 Å². The average Bonchev–Trinajstić information content (AvgIpc) is 3.70. The molecule has 1 aliphatic carbocycles. The lowest BCUT2D eigenvalue weighted by atomic mass is 9.82. The predicted molar refractivity (Wildman–Crippen MR) is 223 cm³/mol. The maximum atomic E-state index is 5.30. The van der Waals surface area contributed by atoms with E-state index in [1.807, 2.05) is 36.4 Å². The van der Waals surface area contributed by atoms with E-state index in [9.17, 15) is 0 Å². The van der Waals surface area contributed by atoms with Crippen molar-refractivity contribution in [2.45, 2.75) is 19.3 Å². The van der Waals surface area contributed by atoms with Crippen molar-refractivity contribution in [2.24, 2.45) is 0 Å². The van der Waals surface area contributed by atoms with Crippen LogP contribution in [0.25, 0.3) is 94.3 Å². The molecule has 0 bridgehead atoms. The third-order valence-corrected chi connectivity index (χ3v) is 11.4. The number of benzene rings is 8. The Balaban J connectivity index is 1.25. The Hall–Kier alpha value is -6.91. The van der Waals surface area contributed by atoms with Gasteiger partial charge < -0.3 is 0 Å². The number of rotatable bonds is 4. The van der Waals surface area contributed by atoms with E-state index in [-0.39, 0.29) is 5.41 Å². The summed E-state index contributed by atoms with van der Waals surface area (Å²) in [6.07, 6.45) is 0. The fourth-order valence-electron chi connectivity index (χ4n) is 8.85. The minimum absolute atomic E-state index is 0.112. The molecule has 0 fully saturated rings. The van der Waals surface area contributed by atoms with Crippen molar-refractivity contribution in [3.8, 4) is 51.0 Å². The van der Waals surface area contributed by atoms with E-state index >= 15 is 0 Å². The zero-order valence-electron chi connectivity index (χ0n) is 30.0. The molecule has 0 N–H and O–H groups in total. The first kappa shape index (κ1) is 30.7. The number of hydrogen-bond acceptors (Lipinski definition) is 3. The van der Waals surface area contributed by atoms with Crippen LogP contribution in [0.4, 0.5) is 0 Å². The summed E-state index contributed by atoms with van der Waals surface area (Å²) >= 11 is 0. The molecule has 0 spiro atoms. The zero-order valence-corrected chi connectivity index (χ0v) is 30.0. The molecule has 0 atom stereocenters. The summed E-state index contributed by atoms with van der Waals surface area (Å²) in [4.78, 5) is 15.6. The van der Waals surface area contributed by atoms with E-state index < -0.39 is 0 Å². The molecule has 0 unspecified atom stereocenters. The maximum absolute atomic E-state index is 5.30. The molecule has 4 heteroatoms. The Labute approximate surface area is 313 Å². The SMILES string of the molecule is CC1(C)c2ccc(-c3cccc4c5ccc6ccccc6c5n(-c5nc(-c6ccccc6)nc(-c6ccccc6)n5)c34)cc2-c2c1ccc1ccccc21. The monoisotopic (exact) mass is 690 g/mol. The fraction of sp³-hybridized carbons (Fsp3) is 0.0600. The highest BCUT2D eigenvalue weighted by atomic mass is 15.2. The lowest BCUT2D eigenvalue weighted by molar-refractivity contribution is 0.661. The van der Waals surface area contributed by atoms with Gasteiger partial charge in [0.2, 0.25) is 5.95 Å². The van der Waals surface area contributed by atoms with E-state index in [1.165, 1.54) is 38.4 Å². The van der Waals surface area contributed by atoms with E-state index in [0.717, 1.165) is 49.4 Å².